The Morgan fingerprint density at radius 1 is 1.50 bits per heavy atom. The van der Waals surface area contributed by atoms with E-state index in [1.807, 2.05) is 11.0 Å². The third kappa shape index (κ3) is 3.73. The summed E-state index contributed by atoms with van der Waals surface area (Å²) in [5, 5.41) is 5.24. The summed E-state index contributed by atoms with van der Waals surface area (Å²) in [7, 11) is 0. The second kappa shape index (κ2) is 7.41. The third-order valence-electron chi connectivity index (χ3n) is 3.82. The van der Waals surface area contributed by atoms with Gasteiger partial charge in [-0.25, -0.2) is 0 Å². The zero-order valence-electron chi connectivity index (χ0n) is 11.4. The molecule has 2 aliphatic heterocycles. The first kappa shape index (κ1) is 15.8. The van der Waals surface area contributed by atoms with Gasteiger partial charge in [-0.05, 0) is 24.3 Å². The van der Waals surface area contributed by atoms with Crippen molar-refractivity contribution in [2.75, 3.05) is 26.2 Å². The van der Waals surface area contributed by atoms with Crippen LogP contribution >= 0.6 is 23.7 Å². The smallest absolute Gasteiger partial charge is 0.228 e. The largest absolute Gasteiger partial charge is 0.376 e. The summed E-state index contributed by atoms with van der Waals surface area (Å²) in [6.07, 6.45) is 2.44. The van der Waals surface area contributed by atoms with E-state index in [1.165, 1.54) is 4.88 Å². The first-order valence-corrected chi connectivity index (χ1v) is 7.84. The molecule has 1 unspecified atom stereocenters. The minimum Gasteiger partial charge on any atom is -0.376 e. The first-order chi connectivity index (χ1) is 9.33. The average molecular weight is 317 g/mol. The molecule has 3 rings (SSSR count). The lowest BCUT2D eigenvalue weighted by atomic mass is 10.0. The maximum absolute atomic E-state index is 12.5. The van der Waals surface area contributed by atoms with Crippen molar-refractivity contribution in [3.63, 3.8) is 0 Å². The fourth-order valence-electron chi connectivity index (χ4n) is 2.58. The van der Waals surface area contributed by atoms with Gasteiger partial charge in [0, 0.05) is 31.1 Å². The molecule has 6 heteroatoms. The third-order valence-corrected chi connectivity index (χ3v) is 4.68. The van der Waals surface area contributed by atoms with Gasteiger partial charge in [0.2, 0.25) is 5.91 Å². The molecule has 4 nitrogen and oxygen atoms in total. The molecule has 2 fully saturated rings. The number of ether oxygens (including phenoxy) is 1. The van der Waals surface area contributed by atoms with E-state index in [-0.39, 0.29) is 30.3 Å². The summed E-state index contributed by atoms with van der Waals surface area (Å²) in [6, 6.07) is 4.14. The highest BCUT2D eigenvalue weighted by molar-refractivity contribution is 7.09. The van der Waals surface area contributed by atoms with Crippen LogP contribution in [0.1, 0.15) is 17.7 Å². The van der Waals surface area contributed by atoms with E-state index in [0.29, 0.717) is 0 Å². The fraction of sp³-hybridized carbons (Fsp3) is 0.643. The molecule has 0 saturated carbocycles. The molecule has 0 bridgehead atoms. The zero-order valence-corrected chi connectivity index (χ0v) is 13.0. The minimum absolute atomic E-state index is 0. The summed E-state index contributed by atoms with van der Waals surface area (Å²) in [5.41, 5.74) is 0. The maximum atomic E-state index is 12.5. The predicted octanol–water partition coefficient (Wildman–Crippen LogP) is 1.90. The van der Waals surface area contributed by atoms with Crippen molar-refractivity contribution < 1.29 is 9.53 Å². The zero-order chi connectivity index (χ0) is 13.1. The molecule has 1 amide bonds. The number of nitrogens with one attached hydrogen (secondary N) is 1. The van der Waals surface area contributed by atoms with Crippen LogP contribution in [0.25, 0.3) is 0 Å². The number of halogens is 1. The lowest BCUT2D eigenvalue weighted by Crippen LogP contribution is -2.52. The minimum atomic E-state index is 0. The second-order valence-electron chi connectivity index (χ2n) is 5.29. The van der Waals surface area contributed by atoms with Gasteiger partial charge < -0.3 is 15.0 Å². The van der Waals surface area contributed by atoms with Crippen LogP contribution in [-0.4, -0.2) is 43.2 Å². The van der Waals surface area contributed by atoms with Gasteiger partial charge in [-0.15, -0.1) is 23.7 Å². The van der Waals surface area contributed by atoms with Crippen molar-refractivity contribution in [1.29, 1.82) is 0 Å². The lowest BCUT2D eigenvalue weighted by molar-refractivity contribution is -0.139. The molecule has 2 aliphatic rings. The first-order valence-electron chi connectivity index (χ1n) is 6.96. The SMILES string of the molecule is Cl.O=C(C1CNC1)N(Cc1cccs1)CC1CCCO1. The Kier molecular flexibility index (Phi) is 5.84. The highest BCUT2D eigenvalue weighted by Crippen LogP contribution is 2.19. The van der Waals surface area contributed by atoms with Crippen molar-refractivity contribution in [3.8, 4) is 0 Å². The van der Waals surface area contributed by atoms with Crippen molar-refractivity contribution in [1.82, 2.24) is 10.2 Å². The van der Waals surface area contributed by atoms with Gasteiger partial charge in [-0.1, -0.05) is 6.07 Å². The number of rotatable bonds is 5. The van der Waals surface area contributed by atoms with Crippen LogP contribution in [0.5, 0.6) is 0 Å². The molecule has 20 heavy (non-hydrogen) atoms. The topological polar surface area (TPSA) is 41.6 Å². The van der Waals surface area contributed by atoms with E-state index in [4.69, 9.17) is 4.74 Å². The normalized spacial score (nSPS) is 22.1. The van der Waals surface area contributed by atoms with Crippen molar-refractivity contribution in [2.45, 2.75) is 25.5 Å². The molecule has 0 aliphatic carbocycles. The van der Waals surface area contributed by atoms with Crippen LogP contribution in [0.3, 0.4) is 0 Å². The number of carbonyl (C=O) groups excluding carboxylic acids is 1. The van der Waals surface area contributed by atoms with Crippen molar-refractivity contribution in [2.24, 2.45) is 5.92 Å². The van der Waals surface area contributed by atoms with Gasteiger partial charge in [0.1, 0.15) is 0 Å². The molecule has 0 aromatic carbocycles. The molecule has 1 N–H and O–H groups in total. The molecule has 3 heterocycles. The van der Waals surface area contributed by atoms with E-state index >= 15 is 0 Å². The molecule has 1 aromatic rings. The Morgan fingerprint density at radius 3 is 2.90 bits per heavy atom. The number of nitrogens with zero attached hydrogens (tertiary/aromatic N) is 1. The van der Waals surface area contributed by atoms with E-state index in [9.17, 15) is 4.79 Å². The summed E-state index contributed by atoms with van der Waals surface area (Å²) in [5.74, 6) is 0.448. The van der Waals surface area contributed by atoms with E-state index in [1.54, 1.807) is 11.3 Å². The van der Waals surface area contributed by atoms with Crippen LogP contribution in [0.2, 0.25) is 0 Å². The van der Waals surface area contributed by atoms with Gasteiger partial charge in [0.15, 0.2) is 0 Å². The Hall–Kier alpha value is -0.620. The van der Waals surface area contributed by atoms with Crippen molar-refractivity contribution >= 4 is 29.7 Å². The maximum Gasteiger partial charge on any atom is 0.228 e. The van der Waals surface area contributed by atoms with E-state index in [0.717, 1.165) is 45.6 Å². The number of thiophene rings is 1. The monoisotopic (exact) mass is 316 g/mol. The van der Waals surface area contributed by atoms with Gasteiger partial charge in [0.05, 0.1) is 18.6 Å². The van der Waals surface area contributed by atoms with Gasteiger partial charge in [-0.2, -0.15) is 0 Å². The van der Waals surface area contributed by atoms with Gasteiger partial charge in [-0.3, -0.25) is 4.79 Å². The predicted molar refractivity (Wildman–Crippen MR) is 82.3 cm³/mol. The molecule has 0 radical (unpaired) electrons. The average Bonchev–Trinajstić information content (AvgIpc) is 2.98. The number of carbonyl (C=O) groups is 1. The molecule has 1 atom stereocenters. The number of hydrogen-bond acceptors (Lipinski definition) is 4. The second-order valence-corrected chi connectivity index (χ2v) is 6.32. The highest BCUT2D eigenvalue weighted by Gasteiger charge is 2.31. The molecular weight excluding hydrogens is 296 g/mol. The summed E-state index contributed by atoms with van der Waals surface area (Å²) in [6.45, 7) is 3.97. The van der Waals surface area contributed by atoms with Crippen LogP contribution in [0, 0.1) is 5.92 Å². The van der Waals surface area contributed by atoms with Crippen LogP contribution in [0.4, 0.5) is 0 Å². The molecule has 0 spiro atoms. The van der Waals surface area contributed by atoms with Crippen LogP contribution in [-0.2, 0) is 16.1 Å². The number of hydrogen-bond donors (Lipinski definition) is 1. The van der Waals surface area contributed by atoms with Crippen molar-refractivity contribution in [3.05, 3.63) is 22.4 Å². The molecular formula is C14H21ClN2O2S. The Balaban J connectivity index is 0.00000147. The Bertz CT molecular complexity index is 417. The molecule has 2 saturated heterocycles. The van der Waals surface area contributed by atoms with Gasteiger partial charge >= 0.3 is 0 Å². The van der Waals surface area contributed by atoms with E-state index < -0.39 is 0 Å². The highest BCUT2D eigenvalue weighted by atomic mass is 35.5. The standard InChI is InChI=1S/C14H20N2O2S.ClH/c17-14(11-7-15-8-11)16(9-12-3-1-5-18-12)10-13-4-2-6-19-13;/h2,4,6,11-12,15H,1,3,5,7-10H2;1H. The Morgan fingerprint density at radius 2 is 2.35 bits per heavy atom. The summed E-state index contributed by atoms with van der Waals surface area (Å²) < 4.78 is 5.68. The van der Waals surface area contributed by atoms with Crippen LogP contribution in [0.15, 0.2) is 17.5 Å². The fourth-order valence-corrected chi connectivity index (χ4v) is 3.30. The van der Waals surface area contributed by atoms with Gasteiger partial charge in [0.25, 0.3) is 0 Å². The summed E-state index contributed by atoms with van der Waals surface area (Å²) >= 11 is 1.71. The lowest BCUT2D eigenvalue weighted by Gasteiger charge is -2.33. The Labute approximate surface area is 129 Å². The quantitative estimate of drug-likeness (QED) is 0.902. The molecule has 112 valence electrons. The molecule has 1 aromatic heterocycles. The number of amides is 1. The van der Waals surface area contributed by atoms with E-state index in [2.05, 4.69) is 16.8 Å². The summed E-state index contributed by atoms with van der Waals surface area (Å²) in [4.78, 5) is 15.7. The van der Waals surface area contributed by atoms with Crippen LogP contribution < -0.4 is 5.32 Å².